The predicted molar refractivity (Wildman–Crippen MR) is 81.0 cm³/mol. The molecule has 0 aromatic heterocycles. The van der Waals surface area contributed by atoms with Crippen molar-refractivity contribution in [2.24, 2.45) is 5.73 Å². The van der Waals surface area contributed by atoms with Crippen LogP contribution in [-0.2, 0) is 4.74 Å². The van der Waals surface area contributed by atoms with E-state index in [9.17, 15) is 0 Å². The monoisotopic (exact) mass is 278 g/mol. The minimum atomic E-state index is -0.0905. The van der Waals surface area contributed by atoms with Crippen LogP contribution in [-0.4, -0.2) is 43.3 Å². The lowest BCUT2D eigenvalue weighted by Crippen LogP contribution is -2.49. The van der Waals surface area contributed by atoms with E-state index in [0.29, 0.717) is 12.6 Å². The molecule has 2 atom stereocenters. The van der Waals surface area contributed by atoms with E-state index in [1.54, 1.807) is 0 Å². The SMILES string of the molecule is CCOc1ccc(C(N)C2CN(C(C)C)CCO2)cc1. The Morgan fingerprint density at radius 2 is 2.05 bits per heavy atom. The molecule has 0 bridgehead atoms. The summed E-state index contributed by atoms with van der Waals surface area (Å²) >= 11 is 0. The summed E-state index contributed by atoms with van der Waals surface area (Å²) in [5, 5.41) is 0. The molecule has 20 heavy (non-hydrogen) atoms. The van der Waals surface area contributed by atoms with Crippen LogP contribution in [0.3, 0.4) is 0 Å². The highest BCUT2D eigenvalue weighted by Gasteiger charge is 2.27. The standard InChI is InChI=1S/C16H26N2O2/c1-4-19-14-7-5-13(6-8-14)16(17)15-11-18(12(2)3)9-10-20-15/h5-8,12,15-16H,4,9-11,17H2,1-3H3. The molecule has 2 unspecified atom stereocenters. The van der Waals surface area contributed by atoms with Gasteiger partial charge in [0.05, 0.1) is 25.4 Å². The van der Waals surface area contributed by atoms with E-state index in [1.165, 1.54) is 0 Å². The Kier molecular flexibility index (Phi) is 5.40. The van der Waals surface area contributed by atoms with Crippen LogP contribution in [0.5, 0.6) is 5.75 Å². The van der Waals surface area contributed by atoms with Crippen LogP contribution in [0.4, 0.5) is 0 Å². The topological polar surface area (TPSA) is 47.7 Å². The summed E-state index contributed by atoms with van der Waals surface area (Å²) in [5.74, 6) is 0.886. The quantitative estimate of drug-likeness (QED) is 0.897. The van der Waals surface area contributed by atoms with Crippen molar-refractivity contribution in [3.8, 4) is 5.75 Å². The first-order chi connectivity index (χ1) is 9.61. The number of ether oxygens (including phenoxy) is 2. The van der Waals surface area contributed by atoms with Crippen LogP contribution in [0.15, 0.2) is 24.3 Å². The fourth-order valence-corrected chi connectivity index (χ4v) is 2.55. The smallest absolute Gasteiger partial charge is 0.119 e. The van der Waals surface area contributed by atoms with Gasteiger partial charge < -0.3 is 15.2 Å². The number of nitrogens with zero attached hydrogens (tertiary/aromatic N) is 1. The summed E-state index contributed by atoms with van der Waals surface area (Å²) < 4.78 is 11.3. The van der Waals surface area contributed by atoms with Gasteiger partial charge >= 0.3 is 0 Å². The van der Waals surface area contributed by atoms with E-state index >= 15 is 0 Å². The molecule has 0 aliphatic carbocycles. The van der Waals surface area contributed by atoms with Crippen molar-refractivity contribution >= 4 is 0 Å². The molecule has 0 amide bonds. The first-order valence-electron chi connectivity index (χ1n) is 7.45. The lowest BCUT2D eigenvalue weighted by Gasteiger charge is -2.38. The fraction of sp³-hybridized carbons (Fsp3) is 0.625. The molecule has 0 spiro atoms. The molecule has 0 saturated carbocycles. The zero-order valence-electron chi connectivity index (χ0n) is 12.7. The summed E-state index contributed by atoms with van der Waals surface area (Å²) in [5.41, 5.74) is 7.46. The number of hydrogen-bond acceptors (Lipinski definition) is 4. The molecule has 2 N–H and O–H groups in total. The van der Waals surface area contributed by atoms with Crippen molar-refractivity contribution in [2.75, 3.05) is 26.3 Å². The third-order valence-corrected chi connectivity index (χ3v) is 3.83. The molecule has 4 nitrogen and oxygen atoms in total. The van der Waals surface area contributed by atoms with Crippen molar-refractivity contribution in [3.05, 3.63) is 29.8 Å². The Morgan fingerprint density at radius 1 is 1.35 bits per heavy atom. The van der Waals surface area contributed by atoms with E-state index in [0.717, 1.165) is 31.0 Å². The maximum Gasteiger partial charge on any atom is 0.119 e. The van der Waals surface area contributed by atoms with Crippen molar-refractivity contribution in [3.63, 3.8) is 0 Å². The molecule has 1 heterocycles. The van der Waals surface area contributed by atoms with Gasteiger partial charge in [-0.1, -0.05) is 12.1 Å². The van der Waals surface area contributed by atoms with Crippen LogP contribution >= 0.6 is 0 Å². The molecular weight excluding hydrogens is 252 g/mol. The fourth-order valence-electron chi connectivity index (χ4n) is 2.55. The van der Waals surface area contributed by atoms with E-state index in [1.807, 2.05) is 31.2 Å². The summed E-state index contributed by atoms with van der Waals surface area (Å²) in [7, 11) is 0. The zero-order chi connectivity index (χ0) is 14.5. The lowest BCUT2D eigenvalue weighted by molar-refractivity contribution is -0.0502. The third-order valence-electron chi connectivity index (χ3n) is 3.83. The average molecular weight is 278 g/mol. The largest absolute Gasteiger partial charge is 0.494 e. The number of rotatable bonds is 5. The van der Waals surface area contributed by atoms with Crippen molar-refractivity contribution in [1.29, 1.82) is 0 Å². The van der Waals surface area contributed by atoms with Crippen LogP contribution < -0.4 is 10.5 Å². The summed E-state index contributed by atoms with van der Waals surface area (Å²) in [6.45, 7) is 9.73. The highest BCUT2D eigenvalue weighted by molar-refractivity contribution is 5.29. The molecule has 1 aromatic carbocycles. The van der Waals surface area contributed by atoms with Gasteiger partial charge in [-0.05, 0) is 38.5 Å². The predicted octanol–water partition coefficient (Wildman–Crippen LogP) is 2.19. The zero-order valence-corrected chi connectivity index (χ0v) is 12.7. The first-order valence-corrected chi connectivity index (χ1v) is 7.45. The maximum atomic E-state index is 6.36. The first kappa shape index (κ1) is 15.3. The molecule has 2 rings (SSSR count). The van der Waals surface area contributed by atoms with Crippen LogP contribution in [0.1, 0.15) is 32.4 Å². The van der Waals surface area contributed by atoms with Gasteiger partial charge in [0, 0.05) is 19.1 Å². The molecule has 1 fully saturated rings. The minimum Gasteiger partial charge on any atom is -0.494 e. The summed E-state index contributed by atoms with van der Waals surface area (Å²) in [4.78, 5) is 2.42. The number of hydrogen-bond donors (Lipinski definition) is 1. The van der Waals surface area contributed by atoms with Crippen LogP contribution in [0.25, 0.3) is 0 Å². The second-order valence-corrected chi connectivity index (χ2v) is 5.53. The summed E-state index contributed by atoms with van der Waals surface area (Å²) in [6.07, 6.45) is 0.0593. The van der Waals surface area contributed by atoms with Gasteiger partial charge in [-0.3, -0.25) is 4.90 Å². The van der Waals surface area contributed by atoms with Gasteiger partial charge in [0.1, 0.15) is 5.75 Å². The molecule has 0 radical (unpaired) electrons. The molecule has 1 saturated heterocycles. The molecule has 1 aromatic rings. The Balaban J connectivity index is 2.00. The van der Waals surface area contributed by atoms with Crippen LogP contribution in [0, 0.1) is 0 Å². The second-order valence-electron chi connectivity index (χ2n) is 5.53. The molecule has 1 aliphatic rings. The van der Waals surface area contributed by atoms with E-state index in [-0.39, 0.29) is 12.1 Å². The molecule has 4 heteroatoms. The Morgan fingerprint density at radius 3 is 2.65 bits per heavy atom. The Hall–Kier alpha value is -1.10. The van der Waals surface area contributed by atoms with Gasteiger partial charge in [-0.2, -0.15) is 0 Å². The van der Waals surface area contributed by atoms with E-state index in [4.69, 9.17) is 15.2 Å². The molecular formula is C16H26N2O2. The number of morpholine rings is 1. The van der Waals surface area contributed by atoms with Gasteiger partial charge in [-0.15, -0.1) is 0 Å². The van der Waals surface area contributed by atoms with E-state index in [2.05, 4.69) is 18.7 Å². The molecule has 1 aliphatic heterocycles. The van der Waals surface area contributed by atoms with Gasteiger partial charge in [0.15, 0.2) is 0 Å². The highest BCUT2D eigenvalue weighted by Crippen LogP contribution is 2.23. The van der Waals surface area contributed by atoms with Gasteiger partial charge in [-0.25, -0.2) is 0 Å². The number of nitrogens with two attached hydrogens (primary N) is 1. The van der Waals surface area contributed by atoms with Gasteiger partial charge in [0.25, 0.3) is 0 Å². The second kappa shape index (κ2) is 7.07. The summed E-state index contributed by atoms with van der Waals surface area (Å²) in [6, 6.07) is 8.46. The van der Waals surface area contributed by atoms with Gasteiger partial charge in [0.2, 0.25) is 0 Å². The lowest BCUT2D eigenvalue weighted by atomic mass is 10.0. The normalized spacial score (nSPS) is 21.9. The van der Waals surface area contributed by atoms with E-state index < -0.39 is 0 Å². The highest BCUT2D eigenvalue weighted by atomic mass is 16.5. The minimum absolute atomic E-state index is 0.0593. The average Bonchev–Trinajstić information content (AvgIpc) is 2.48. The molecule has 112 valence electrons. The van der Waals surface area contributed by atoms with Crippen molar-refractivity contribution in [1.82, 2.24) is 4.90 Å². The Labute approximate surface area is 121 Å². The maximum absolute atomic E-state index is 6.36. The van der Waals surface area contributed by atoms with Crippen molar-refractivity contribution < 1.29 is 9.47 Å². The van der Waals surface area contributed by atoms with Crippen molar-refractivity contribution in [2.45, 2.75) is 39.0 Å². The Bertz CT molecular complexity index is 405. The van der Waals surface area contributed by atoms with Crippen LogP contribution in [0.2, 0.25) is 0 Å². The number of benzene rings is 1. The third kappa shape index (κ3) is 3.72.